The Labute approximate surface area is 136 Å². The minimum atomic E-state index is -3.44. The van der Waals surface area contributed by atoms with E-state index in [2.05, 4.69) is 9.71 Å². The summed E-state index contributed by atoms with van der Waals surface area (Å²) in [5.74, 6) is 0. The van der Waals surface area contributed by atoms with E-state index in [4.69, 9.17) is 4.74 Å². The average Bonchev–Trinajstić information content (AvgIpc) is 2.55. The van der Waals surface area contributed by atoms with Gasteiger partial charge in [0.05, 0.1) is 6.04 Å². The van der Waals surface area contributed by atoms with Crippen LogP contribution in [0.2, 0.25) is 0 Å². The fourth-order valence-electron chi connectivity index (χ4n) is 3.22. The maximum absolute atomic E-state index is 12.4. The van der Waals surface area contributed by atoms with Crippen LogP contribution in [0.1, 0.15) is 43.7 Å². The Bertz CT molecular complexity index is 660. The second kappa shape index (κ2) is 6.88. The summed E-state index contributed by atoms with van der Waals surface area (Å²) in [6.07, 6.45) is 3.34. The fourth-order valence-corrected chi connectivity index (χ4v) is 4.78. The first-order chi connectivity index (χ1) is 11.1. The molecule has 1 aromatic rings. The Morgan fingerprint density at radius 1 is 1.26 bits per heavy atom. The topological polar surface area (TPSA) is 88.0 Å². The quantitative estimate of drug-likeness (QED) is 0.875. The van der Waals surface area contributed by atoms with E-state index in [1.165, 1.54) is 0 Å². The highest BCUT2D eigenvalue weighted by Gasteiger charge is 2.42. The lowest BCUT2D eigenvalue weighted by Crippen LogP contribution is -2.54. The highest BCUT2D eigenvalue weighted by molar-refractivity contribution is 7.90. The van der Waals surface area contributed by atoms with E-state index < -0.39 is 15.3 Å². The normalized spacial score (nSPS) is 29.2. The van der Waals surface area contributed by atoms with Gasteiger partial charge in [-0.1, -0.05) is 36.8 Å². The van der Waals surface area contributed by atoms with Gasteiger partial charge < -0.3 is 9.84 Å². The Kier molecular flexibility index (Phi) is 4.87. The van der Waals surface area contributed by atoms with Crippen LogP contribution < -0.4 is 4.72 Å². The van der Waals surface area contributed by atoms with Crippen LogP contribution in [0.25, 0.3) is 0 Å². The number of benzene rings is 1. The van der Waals surface area contributed by atoms with Gasteiger partial charge in [-0.05, 0) is 31.2 Å². The third-order valence-corrected chi connectivity index (χ3v) is 6.19. The van der Waals surface area contributed by atoms with Gasteiger partial charge in [-0.3, -0.25) is 0 Å². The summed E-state index contributed by atoms with van der Waals surface area (Å²) in [5.41, 5.74) is 0.919. The summed E-state index contributed by atoms with van der Waals surface area (Å²) in [5, 5.41) is 8.79. The van der Waals surface area contributed by atoms with Crippen molar-refractivity contribution in [1.29, 1.82) is 0 Å². The molecule has 1 aliphatic heterocycles. The molecule has 0 bridgehead atoms. The van der Waals surface area contributed by atoms with Crippen molar-refractivity contribution in [3.63, 3.8) is 0 Å². The number of hydrogen-bond acceptors (Lipinski definition) is 5. The van der Waals surface area contributed by atoms with Crippen LogP contribution in [0.4, 0.5) is 0 Å². The molecule has 1 saturated carbocycles. The van der Waals surface area contributed by atoms with Crippen molar-refractivity contribution in [3.05, 3.63) is 35.9 Å². The Morgan fingerprint density at radius 2 is 2.00 bits per heavy atom. The number of rotatable bonds is 4. The first-order valence-electron chi connectivity index (χ1n) is 8.02. The van der Waals surface area contributed by atoms with E-state index >= 15 is 0 Å². The van der Waals surface area contributed by atoms with Crippen molar-refractivity contribution < 1.29 is 18.3 Å². The van der Waals surface area contributed by atoms with Gasteiger partial charge in [0, 0.05) is 6.61 Å². The Hall–Kier alpha value is -1.60. The van der Waals surface area contributed by atoms with Crippen molar-refractivity contribution >= 4 is 16.0 Å². The Morgan fingerprint density at radius 3 is 2.74 bits per heavy atom. The van der Waals surface area contributed by atoms with Gasteiger partial charge in [-0.15, -0.1) is 0 Å². The molecule has 126 valence electrons. The van der Waals surface area contributed by atoms with Crippen LogP contribution >= 0.6 is 0 Å². The summed E-state index contributed by atoms with van der Waals surface area (Å²) in [4.78, 5) is 4.43. The number of aliphatic hydroxyl groups excluding tert-OH is 1. The van der Waals surface area contributed by atoms with Crippen molar-refractivity contribution in [1.82, 2.24) is 4.72 Å². The van der Waals surface area contributed by atoms with Crippen LogP contribution in [0, 0.1) is 0 Å². The highest BCUT2D eigenvalue weighted by Crippen LogP contribution is 2.30. The lowest BCUT2D eigenvalue weighted by atomic mass is 9.97. The van der Waals surface area contributed by atoms with E-state index in [1.807, 2.05) is 30.3 Å². The third-order valence-electron chi connectivity index (χ3n) is 4.39. The van der Waals surface area contributed by atoms with E-state index in [0.717, 1.165) is 24.8 Å². The minimum Gasteiger partial charge on any atom is -0.460 e. The summed E-state index contributed by atoms with van der Waals surface area (Å²) in [7, 11) is -3.44. The van der Waals surface area contributed by atoms with E-state index in [-0.39, 0.29) is 24.8 Å². The zero-order valence-electron chi connectivity index (χ0n) is 12.9. The number of amidine groups is 1. The lowest BCUT2D eigenvalue weighted by molar-refractivity contribution is 0.130. The van der Waals surface area contributed by atoms with Crippen LogP contribution in [0.5, 0.6) is 0 Å². The predicted molar refractivity (Wildman–Crippen MR) is 87.5 cm³/mol. The van der Waals surface area contributed by atoms with Crippen molar-refractivity contribution in [2.75, 3.05) is 6.61 Å². The molecule has 2 N–H and O–H groups in total. The molecule has 23 heavy (non-hydrogen) atoms. The molecule has 0 radical (unpaired) electrons. The SMILES string of the molecule is O=S1(=O)NC(=NC(CCO)c2ccccc2)OC2CCCCC21. The molecule has 6 nitrogen and oxygen atoms in total. The molecule has 0 aromatic heterocycles. The molecule has 3 rings (SSSR count). The summed E-state index contributed by atoms with van der Waals surface area (Å²) in [6.45, 7) is -0.0326. The second-order valence-corrected chi connectivity index (χ2v) is 7.90. The van der Waals surface area contributed by atoms with Gasteiger partial charge in [0.25, 0.3) is 6.02 Å². The molecule has 0 spiro atoms. The van der Waals surface area contributed by atoms with E-state index in [0.29, 0.717) is 12.8 Å². The lowest BCUT2D eigenvalue weighted by Gasteiger charge is -2.36. The first-order valence-corrected chi connectivity index (χ1v) is 9.56. The number of hydrogen-bond donors (Lipinski definition) is 2. The first kappa shape index (κ1) is 16.3. The molecule has 7 heteroatoms. The second-order valence-electron chi connectivity index (χ2n) is 6.00. The molecule has 0 amide bonds. The van der Waals surface area contributed by atoms with Gasteiger partial charge in [0.1, 0.15) is 11.4 Å². The van der Waals surface area contributed by atoms with E-state index in [9.17, 15) is 13.5 Å². The van der Waals surface area contributed by atoms with Gasteiger partial charge in [-0.2, -0.15) is 0 Å². The molecule has 1 aliphatic carbocycles. The van der Waals surface area contributed by atoms with Gasteiger partial charge >= 0.3 is 0 Å². The zero-order chi connectivity index (χ0) is 16.3. The highest BCUT2D eigenvalue weighted by atomic mass is 32.2. The number of nitrogens with zero attached hydrogens (tertiary/aromatic N) is 1. The molecule has 1 heterocycles. The number of aliphatic hydroxyl groups is 1. The summed E-state index contributed by atoms with van der Waals surface area (Å²) in [6, 6.07) is 9.22. The number of nitrogens with one attached hydrogen (secondary N) is 1. The molecular weight excluding hydrogens is 316 g/mol. The molecule has 1 saturated heterocycles. The van der Waals surface area contributed by atoms with Crippen LogP contribution in [0.3, 0.4) is 0 Å². The maximum Gasteiger partial charge on any atom is 0.299 e. The molecule has 2 fully saturated rings. The van der Waals surface area contributed by atoms with Crippen LogP contribution in [-0.2, 0) is 14.8 Å². The van der Waals surface area contributed by atoms with Crippen molar-refractivity contribution in [2.45, 2.75) is 49.5 Å². The number of aliphatic imine (C=N–C) groups is 1. The van der Waals surface area contributed by atoms with Crippen molar-refractivity contribution in [3.8, 4) is 0 Å². The van der Waals surface area contributed by atoms with Gasteiger partial charge in [-0.25, -0.2) is 18.1 Å². The van der Waals surface area contributed by atoms with Crippen LogP contribution in [0.15, 0.2) is 35.3 Å². The number of fused-ring (bicyclic) bond motifs is 1. The molecular formula is C16H22N2O4S. The van der Waals surface area contributed by atoms with Crippen LogP contribution in [-0.4, -0.2) is 37.5 Å². The molecule has 1 aromatic carbocycles. The number of sulfonamides is 1. The largest absolute Gasteiger partial charge is 0.460 e. The maximum atomic E-state index is 12.4. The van der Waals surface area contributed by atoms with E-state index in [1.54, 1.807) is 0 Å². The smallest absolute Gasteiger partial charge is 0.299 e. The summed E-state index contributed by atoms with van der Waals surface area (Å²) < 4.78 is 33.0. The predicted octanol–water partition coefficient (Wildman–Crippen LogP) is 1.73. The standard InChI is InChI=1S/C16H22N2O4S/c19-11-10-13(12-6-2-1-3-7-12)17-16-18-23(20,21)15-9-5-4-8-14(15)22-16/h1-3,6-7,13-15,19H,4-5,8-11H2,(H,17,18). The Balaban J connectivity index is 1.85. The molecule has 3 unspecified atom stereocenters. The molecule has 3 atom stereocenters. The molecule has 2 aliphatic rings. The minimum absolute atomic E-state index is 0.0326. The number of ether oxygens (including phenoxy) is 1. The monoisotopic (exact) mass is 338 g/mol. The third kappa shape index (κ3) is 3.67. The van der Waals surface area contributed by atoms with Crippen molar-refractivity contribution in [2.24, 2.45) is 4.99 Å². The fraction of sp³-hybridized carbons (Fsp3) is 0.562. The van der Waals surface area contributed by atoms with Gasteiger partial charge in [0.2, 0.25) is 10.0 Å². The van der Waals surface area contributed by atoms with Gasteiger partial charge in [0.15, 0.2) is 0 Å². The summed E-state index contributed by atoms with van der Waals surface area (Å²) >= 11 is 0. The average molecular weight is 338 g/mol. The zero-order valence-corrected chi connectivity index (χ0v) is 13.7.